The summed E-state index contributed by atoms with van der Waals surface area (Å²) >= 11 is 1.32. The molecule has 0 fully saturated rings. The Morgan fingerprint density at radius 3 is 2.17 bits per heavy atom. The molecule has 4 aromatic carbocycles. The first-order valence-electron chi connectivity index (χ1n) is 14.7. The van der Waals surface area contributed by atoms with E-state index in [2.05, 4.69) is 16.0 Å². The summed E-state index contributed by atoms with van der Waals surface area (Å²) in [6.45, 7) is 3.88. The zero-order valence-corrected chi connectivity index (χ0v) is 26.4. The van der Waals surface area contributed by atoms with Crippen LogP contribution in [0.1, 0.15) is 46.5 Å². The highest BCUT2D eigenvalue weighted by molar-refractivity contribution is 8.00. The largest absolute Gasteiger partial charge is 0.462 e. The third kappa shape index (κ3) is 9.87. The van der Waals surface area contributed by atoms with Gasteiger partial charge < -0.3 is 20.7 Å². The van der Waals surface area contributed by atoms with Crippen molar-refractivity contribution in [1.29, 1.82) is 0 Å². The number of nitro benzene ring substituents is 1. The first-order valence-corrected chi connectivity index (χ1v) is 15.5. The molecular formula is C35H32N4O7S. The molecule has 0 saturated carbocycles. The molecular weight excluding hydrogens is 620 g/mol. The summed E-state index contributed by atoms with van der Waals surface area (Å²) in [5.41, 5.74) is 1.96. The summed E-state index contributed by atoms with van der Waals surface area (Å²) in [6.07, 6.45) is 1.94. The van der Waals surface area contributed by atoms with Crippen LogP contribution in [0.3, 0.4) is 0 Å². The van der Waals surface area contributed by atoms with Crippen LogP contribution in [0.5, 0.6) is 0 Å². The normalized spacial score (nSPS) is 11.6. The first-order chi connectivity index (χ1) is 22.7. The fourth-order valence-electron chi connectivity index (χ4n) is 4.26. The molecule has 3 amide bonds. The fourth-order valence-corrected chi connectivity index (χ4v) is 5.27. The minimum absolute atomic E-state index is 0.0782. The van der Waals surface area contributed by atoms with Crippen molar-refractivity contribution in [3.8, 4) is 0 Å². The van der Waals surface area contributed by atoms with E-state index in [0.717, 1.165) is 4.90 Å². The molecule has 3 N–H and O–H groups in total. The van der Waals surface area contributed by atoms with Gasteiger partial charge in [-0.3, -0.25) is 24.5 Å². The number of nitrogens with zero attached hydrogens (tertiary/aromatic N) is 1. The summed E-state index contributed by atoms with van der Waals surface area (Å²) < 4.78 is 4.99. The van der Waals surface area contributed by atoms with Crippen molar-refractivity contribution in [3.63, 3.8) is 0 Å². The van der Waals surface area contributed by atoms with Crippen LogP contribution in [0.25, 0.3) is 6.08 Å². The Kier molecular flexibility index (Phi) is 12.0. The molecule has 0 radical (unpaired) electrons. The number of anilines is 2. The Balaban J connectivity index is 1.47. The number of esters is 1. The summed E-state index contributed by atoms with van der Waals surface area (Å²) in [4.78, 5) is 62.7. The number of rotatable bonds is 13. The Morgan fingerprint density at radius 1 is 0.830 bits per heavy atom. The van der Waals surface area contributed by atoms with E-state index in [0.29, 0.717) is 34.5 Å². The van der Waals surface area contributed by atoms with Crippen molar-refractivity contribution in [2.75, 3.05) is 17.2 Å². The number of nitrogens with one attached hydrogen (secondary N) is 3. The van der Waals surface area contributed by atoms with Gasteiger partial charge in [0.05, 0.1) is 22.3 Å². The first kappa shape index (κ1) is 34.1. The molecule has 0 aromatic heterocycles. The van der Waals surface area contributed by atoms with Crippen LogP contribution >= 0.6 is 11.8 Å². The van der Waals surface area contributed by atoms with E-state index in [9.17, 15) is 29.3 Å². The van der Waals surface area contributed by atoms with Gasteiger partial charge in [0.2, 0.25) is 5.91 Å². The molecule has 0 aliphatic heterocycles. The zero-order valence-electron chi connectivity index (χ0n) is 25.6. The number of hydrogen-bond donors (Lipinski definition) is 3. The fraction of sp³-hybridized carbons (Fsp3) is 0.143. The quantitative estimate of drug-likeness (QED) is 0.0474. The molecule has 0 bridgehead atoms. The van der Waals surface area contributed by atoms with E-state index in [1.165, 1.54) is 42.1 Å². The molecule has 0 aliphatic rings. The molecule has 11 nitrogen and oxygen atoms in total. The number of thioether (sulfide) groups is 1. The van der Waals surface area contributed by atoms with Gasteiger partial charge in [0.1, 0.15) is 5.70 Å². The number of nitro groups is 1. The summed E-state index contributed by atoms with van der Waals surface area (Å²) in [7, 11) is 0. The van der Waals surface area contributed by atoms with E-state index in [4.69, 9.17) is 4.74 Å². The molecule has 240 valence electrons. The molecule has 4 rings (SSSR count). The monoisotopic (exact) mass is 652 g/mol. The molecule has 0 heterocycles. The maximum atomic E-state index is 13.5. The smallest absolute Gasteiger partial charge is 0.338 e. The second kappa shape index (κ2) is 16.5. The molecule has 4 aromatic rings. The van der Waals surface area contributed by atoms with Crippen LogP contribution in [0.15, 0.2) is 114 Å². The Labute approximate surface area is 275 Å². The van der Waals surface area contributed by atoms with E-state index in [1.54, 1.807) is 79.7 Å². The third-order valence-corrected chi connectivity index (χ3v) is 8.00. The number of ether oxygens (including phenoxy) is 1. The van der Waals surface area contributed by atoms with E-state index >= 15 is 0 Å². The predicted octanol–water partition coefficient (Wildman–Crippen LogP) is 6.69. The average Bonchev–Trinajstić information content (AvgIpc) is 3.08. The number of carbonyl (C=O) groups excluding carboxylic acids is 4. The second-order valence-electron chi connectivity index (χ2n) is 10.0. The van der Waals surface area contributed by atoms with Crippen molar-refractivity contribution >= 4 is 58.6 Å². The van der Waals surface area contributed by atoms with Crippen LogP contribution in [0, 0.1) is 10.1 Å². The van der Waals surface area contributed by atoms with Crippen molar-refractivity contribution < 1.29 is 28.8 Å². The standard InChI is InChI=1S/C35H32N4O7S/c1-3-31(34(42)36-26-17-15-25(16-18-26)35(43)46-4-2)47-29-12-8-11-27(22-29)37-33(41)30(38-32(40)24-9-6-5-7-10-24)21-23-13-19-28(20-14-23)39(44)45/h5-22,31H,3-4H2,1-2H3,(H,36,42)(H,37,41)(H,38,40)/b30-21+. The molecule has 0 aliphatic carbocycles. The molecule has 47 heavy (non-hydrogen) atoms. The van der Waals surface area contributed by atoms with E-state index in [1.807, 2.05) is 13.0 Å². The summed E-state index contributed by atoms with van der Waals surface area (Å²) in [6, 6.07) is 27.3. The number of hydrogen-bond acceptors (Lipinski definition) is 8. The van der Waals surface area contributed by atoms with Gasteiger partial charge in [-0.15, -0.1) is 11.8 Å². The summed E-state index contributed by atoms with van der Waals surface area (Å²) in [5, 5.41) is 18.9. The number of benzene rings is 4. The highest BCUT2D eigenvalue weighted by Crippen LogP contribution is 2.29. The number of non-ortho nitro benzene ring substituents is 1. The lowest BCUT2D eigenvalue weighted by molar-refractivity contribution is -0.384. The number of amides is 3. The molecule has 1 unspecified atom stereocenters. The van der Waals surface area contributed by atoms with Gasteiger partial charge in [-0.1, -0.05) is 31.2 Å². The van der Waals surface area contributed by atoms with Crippen LogP contribution in [0.4, 0.5) is 17.1 Å². The van der Waals surface area contributed by atoms with Gasteiger partial charge >= 0.3 is 5.97 Å². The minimum Gasteiger partial charge on any atom is -0.462 e. The topological polar surface area (TPSA) is 157 Å². The van der Waals surface area contributed by atoms with Crippen LogP contribution < -0.4 is 16.0 Å². The van der Waals surface area contributed by atoms with E-state index < -0.39 is 28.0 Å². The van der Waals surface area contributed by atoms with Gasteiger partial charge in [-0.2, -0.15) is 0 Å². The highest BCUT2D eigenvalue weighted by Gasteiger charge is 2.20. The number of carbonyl (C=O) groups is 4. The lowest BCUT2D eigenvalue weighted by Gasteiger charge is -2.16. The third-order valence-electron chi connectivity index (χ3n) is 6.64. The molecule has 12 heteroatoms. The van der Waals surface area contributed by atoms with Crippen LogP contribution in [0.2, 0.25) is 0 Å². The Morgan fingerprint density at radius 2 is 1.53 bits per heavy atom. The Hall–Kier alpha value is -5.75. The van der Waals surface area contributed by atoms with Gasteiger partial charge in [0, 0.05) is 34.0 Å². The minimum atomic E-state index is -0.620. The highest BCUT2D eigenvalue weighted by atomic mass is 32.2. The predicted molar refractivity (Wildman–Crippen MR) is 181 cm³/mol. The molecule has 1 atom stereocenters. The Bertz CT molecular complexity index is 1780. The van der Waals surface area contributed by atoms with Crippen molar-refractivity contribution in [2.45, 2.75) is 30.4 Å². The van der Waals surface area contributed by atoms with Crippen molar-refractivity contribution in [1.82, 2.24) is 5.32 Å². The SMILES string of the molecule is CCOC(=O)c1ccc(NC(=O)C(CC)Sc2cccc(NC(=O)/C(=C\c3ccc([N+](=O)[O-])cc3)NC(=O)c3ccccc3)c2)cc1. The maximum absolute atomic E-state index is 13.5. The van der Waals surface area contributed by atoms with Crippen LogP contribution in [-0.2, 0) is 14.3 Å². The second-order valence-corrected chi connectivity index (χ2v) is 11.3. The van der Waals surface area contributed by atoms with Gasteiger partial charge in [0.15, 0.2) is 0 Å². The zero-order chi connectivity index (χ0) is 33.8. The lowest BCUT2D eigenvalue weighted by atomic mass is 10.1. The lowest BCUT2D eigenvalue weighted by Crippen LogP contribution is -2.30. The maximum Gasteiger partial charge on any atom is 0.338 e. The molecule has 0 saturated heterocycles. The van der Waals surface area contributed by atoms with Gasteiger partial charge in [0.25, 0.3) is 17.5 Å². The molecule has 0 spiro atoms. The van der Waals surface area contributed by atoms with Crippen molar-refractivity contribution in [3.05, 3.63) is 136 Å². The van der Waals surface area contributed by atoms with Crippen molar-refractivity contribution in [2.24, 2.45) is 0 Å². The summed E-state index contributed by atoms with van der Waals surface area (Å²) in [5.74, 6) is -1.80. The van der Waals surface area contributed by atoms with Crippen LogP contribution in [-0.4, -0.2) is 40.5 Å². The van der Waals surface area contributed by atoms with Gasteiger partial charge in [-0.25, -0.2) is 4.79 Å². The van der Waals surface area contributed by atoms with E-state index in [-0.39, 0.29) is 23.9 Å². The van der Waals surface area contributed by atoms with Gasteiger partial charge in [-0.05, 0) is 91.7 Å². The average molecular weight is 653 g/mol.